The highest BCUT2D eigenvalue weighted by Gasteiger charge is 2.13. The van der Waals surface area contributed by atoms with Crippen molar-refractivity contribution in [2.45, 2.75) is 6.42 Å². The molecule has 0 spiro atoms. The Morgan fingerprint density at radius 2 is 2.47 bits per heavy atom. The molecule has 0 aliphatic carbocycles. The van der Waals surface area contributed by atoms with Gasteiger partial charge in [0.15, 0.2) is 5.78 Å². The molecule has 2 aromatic rings. The second-order valence-electron chi connectivity index (χ2n) is 3.07. The number of ketones is 1. The average Bonchev–Trinajstić information content (AvgIpc) is 2.77. The molecule has 0 fully saturated rings. The molecule has 15 heavy (non-hydrogen) atoms. The van der Waals surface area contributed by atoms with Crippen molar-refractivity contribution in [3.63, 3.8) is 0 Å². The molecule has 0 saturated heterocycles. The third kappa shape index (κ3) is 2.24. The molecule has 0 aliphatic heterocycles. The van der Waals surface area contributed by atoms with Gasteiger partial charge in [0.05, 0.1) is 11.2 Å². The molecule has 0 radical (unpaired) electrons. The van der Waals surface area contributed by atoms with E-state index >= 15 is 0 Å². The van der Waals surface area contributed by atoms with Crippen molar-refractivity contribution >= 4 is 28.7 Å². The van der Waals surface area contributed by atoms with E-state index in [9.17, 15) is 4.79 Å². The Morgan fingerprint density at radius 3 is 3.00 bits per heavy atom. The van der Waals surface area contributed by atoms with E-state index in [4.69, 9.17) is 11.6 Å². The van der Waals surface area contributed by atoms with E-state index in [0.29, 0.717) is 10.7 Å². The van der Waals surface area contributed by atoms with Gasteiger partial charge in [-0.1, -0.05) is 16.8 Å². The molecule has 0 N–H and O–H groups in total. The normalized spacial score (nSPS) is 10.5. The fraction of sp³-hybridized carbons (Fsp3) is 0.222. The zero-order valence-electron chi connectivity index (χ0n) is 7.98. The van der Waals surface area contributed by atoms with Crippen molar-refractivity contribution in [2.24, 2.45) is 7.05 Å². The molecule has 0 bridgehead atoms. The number of rotatable bonds is 3. The van der Waals surface area contributed by atoms with Crippen LogP contribution in [0.1, 0.15) is 15.4 Å². The van der Waals surface area contributed by atoms with Gasteiger partial charge in [-0.05, 0) is 11.4 Å². The van der Waals surface area contributed by atoms with E-state index in [2.05, 4.69) is 10.3 Å². The van der Waals surface area contributed by atoms with Crippen LogP contribution in [0.4, 0.5) is 0 Å². The minimum Gasteiger partial charge on any atom is -0.292 e. The Kier molecular flexibility index (Phi) is 2.83. The number of thiophene rings is 1. The molecule has 78 valence electrons. The van der Waals surface area contributed by atoms with Crippen LogP contribution in [0.15, 0.2) is 17.6 Å². The van der Waals surface area contributed by atoms with Crippen LogP contribution in [0.2, 0.25) is 5.02 Å². The summed E-state index contributed by atoms with van der Waals surface area (Å²) < 4.78 is 1.50. The molecule has 0 saturated carbocycles. The summed E-state index contributed by atoms with van der Waals surface area (Å²) in [4.78, 5) is 12.6. The lowest BCUT2D eigenvalue weighted by molar-refractivity contribution is 0.0989. The predicted molar refractivity (Wildman–Crippen MR) is 58.4 cm³/mol. The van der Waals surface area contributed by atoms with Crippen LogP contribution >= 0.6 is 22.9 Å². The molecule has 0 aromatic carbocycles. The van der Waals surface area contributed by atoms with Crippen molar-refractivity contribution in [1.29, 1.82) is 0 Å². The molecule has 0 unspecified atom stereocenters. The predicted octanol–water partition coefficient (Wildman–Crippen LogP) is 1.96. The summed E-state index contributed by atoms with van der Waals surface area (Å²) in [6, 6.07) is 1.78. The Balaban J connectivity index is 2.14. The third-order valence-corrected chi connectivity index (χ3v) is 3.29. The minimum absolute atomic E-state index is 0.0625. The number of aryl methyl sites for hydroxylation is 1. The fourth-order valence-electron chi connectivity index (χ4n) is 1.16. The summed E-state index contributed by atoms with van der Waals surface area (Å²) in [5.74, 6) is -0.0625. The van der Waals surface area contributed by atoms with Crippen molar-refractivity contribution in [2.75, 3.05) is 0 Å². The summed E-state index contributed by atoms with van der Waals surface area (Å²) in [5.41, 5.74) is 0.377. The summed E-state index contributed by atoms with van der Waals surface area (Å²) in [6.07, 6.45) is 1.89. The molecule has 2 aromatic heterocycles. The lowest BCUT2D eigenvalue weighted by atomic mass is 10.2. The van der Waals surface area contributed by atoms with Crippen LogP contribution in [0.25, 0.3) is 0 Å². The zero-order valence-corrected chi connectivity index (χ0v) is 9.55. The summed E-state index contributed by atoms with van der Waals surface area (Å²) in [6.45, 7) is 0. The smallest absolute Gasteiger partial charge is 0.189 e. The van der Waals surface area contributed by atoms with Gasteiger partial charge < -0.3 is 0 Å². The van der Waals surface area contributed by atoms with Crippen LogP contribution in [-0.4, -0.2) is 20.8 Å². The maximum Gasteiger partial charge on any atom is 0.189 e. The Morgan fingerprint density at radius 1 is 1.67 bits per heavy atom. The average molecular weight is 242 g/mol. The minimum atomic E-state index is -0.0625. The molecule has 6 heteroatoms. The summed E-state index contributed by atoms with van der Waals surface area (Å²) >= 11 is 7.37. The molecular formula is C9H8ClN3OS. The SMILES string of the molecule is Cn1cc(C(=O)Cc2sccc2Cl)nn1. The molecular weight excluding hydrogens is 234 g/mol. The Hall–Kier alpha value is -1.20. The highest BCUT2D eigenvalue weighted by molar-refractivity contribution is 7.10. The summed E-state index contributed by atoms with van der Waals surface area (Å²) in [5, 5.41) is 9.96. The van der Waals surface area contributed by atoms with Crippen LogP contribution in [0.5, 0.6) is 0 Å². The molecule has 0 aliphatic rings. The van der Waals surface area contributed by atoms with Gasteiger partial charge in [-0.25, -0.2) is 0 Å². The van der Waals surface area contributed by atoms with E-state index in [1.807, 2.05) is 5.38 Å². The second-order valence-corrected chi connectivity index (χ2v) is 4.48. The molecule has 4 nitrogen and oxygen atoms in total. The largest absolute Gasteiger partial charge is 0.292 e. The van der Waals surface area contributed by atoms with E-state index in [1.54, 1.807) is 19.3 Å². The number of halogens is 1. The van der Waals surface area contributed by atoms with E-state index < -0.39 is 0 Å². The molecule has 0 atom stereocenters. The Bertz CT molecular complexity index is 491. The van der Waals surface area contributed by atoms with Gasteiger partial charge in [0.2, 0.25) is 0 Å². The maximum atomic E-state index is 11.7. The van der Waals surface area contributed by atoms with Gasteiger partial charge >= 0.3 is 0 Å². The lowest BCUT2D eigenvalue weighted by Crippen LogP contribution is -2.03. The quantitative estimate of drug-likeness (QED) is 0.772. The second kappa shape index (κ2) is 4.12. The summed E-state index contributed by atoms with van der Waals surface area (Å²) in [7, 11) is 1.72. The monoisotopic (exact) mass is 241 g/mol. The van der Waals surface area contributed by atoms with Gasteiger partial charge in [-0.2, -0.15) is 0 Å². The van der Waals surface area contributed by atoms with Crippen LogP contribution in [0.3, 0.4) is 0 Å². The van der Waals surface area contributed by atoms with Crippen LogP contribution in [0, 0.1) is 0 Å². The highest BCUT2D eigenvalue weighted by atomic mass is 35.5. The number of carbonyl (C=O) groups excluding carboxylic acids is 1. The fourth-order valence-corrected chi connectivity index (χ4v) is 2.26. The first-order valence-electron chi connectivity index (χ1n) is 4.28. The van der Waals surface area contributed by atoms with E-state index in [-0.39, 0.29) is 12.2 Å². The number of hydrogen-bond acceptors (Lipinski definition) is 4. The zero-order chi connectivity index (χ0) is 10.8. The lowest BCUT2D eigenvalue weighted by Gasteiger charge is -1.94. The van der Waals surface area contributed by atoms with E-state index in [1.165, 1.54) is 16.0 Å². The first kappa shape index (κ1) is 10.3. The van der Waals surface area contributed by atoms with Gasteiger partial charge in [-0.3, -0.25) is 9.48 Å². The van der Waals surface area contributed by atoms with Gasteiger partial charge in [-0.15, -0.1) is 16.4 Å². The molecule has 2 heterocycles. The van der Waals surface area contributed by atoms with Crippen molar-refractivity contribution in [3.8, 4) is 0 Å². The number of aromatic nitrogens is 3. The third-order valence-electron chi connectivity index (χ3n) is 1.90. The highest BCUT2D eigenvalue weighted by Crippen LogP contribution is 2.23. The van der Waals surface area contributed by atoms with Gasteiger partial charge in [0.25, 0.3) is 0 Å². The van der Waals surface area contributed by atoms with Crippen molar-refractivity contribution in [1.82, 2.24) is 15.0 Å². The number of nitrogens with zero attached hydrogens (tertiary/aromatic N) is 3. The first-order chi connectivity index (χ1) is 7.16. The number of carbonyl (C=O) groups is 1. The van der Waals surface area contributed by atoms with E-state index in [0.717, 1.165) is 4.88 Å². The molecule has 2 rings (SSSR count). The number of Topliss-reactive ketones (excluding diaryl/α,β-unsaturated/α-hetero) is 1. The van der Waals surface area contributed by atoms with Crippen LogP contribution < -0.4 is 0 Å². The van der Waals surface area contributed by atoms with Crippen molar-refractivity contribution in [3.05, 3.63) is 33.2 Å². The van der Waals surface area contributed by atoms with Gasteiger partial charge in [0.1, 0.15) is 5.69 Å². The number of hydrogen-bond donors (Lipinski definition) is 0. The van der Waals surface area contributed by atoms with Gasteiger partial charge in [0, 0.05) is 18.3 Å². The molecule has 0 amide bonds. The first-order valence-corrected chi connectivity index (χ1v) is 5.54. The Labute approximate surface area is 95.5 Å². The van der Waals surface area contributed by atoms with Crippen LogP contribution in [-0.2, 0) is 13.5 Å². The topological polar surface area (TPSA) is 47.8 Å². The standard InChI is InChI=1S/C9H8ClN3OS/c1-13-5-7(11-12-13)8(14)4-9-6(10)2-3-15-9/h2-3,5H,4H2,1H3. The maximum absolute atomic E-state index is 11.7. The van der Waals surface area contributed by atoms with Crippen molar-refractivity contribution < 1.29 is 4.79 Å².